The topological polar surface area (TPSA) is 54.4 Å². The Hall–Kier alpha value is -1.39. The van der Waals surface area contributed by atoms with Crippen LogP contribution < -0.4 is 0 Å². The summed E-state index contributed by atoms with van der Waals surface area (Å²) in [6.07, 6.45) is 14.7. The second-order valence-electron chi connectivity index (χ2n) is 7.89. The molecule has 1 N–H and O–H groups in total. The van der Waals surface area contributed by atoms with Crippen LogP contribution in [0.25, 0.3) is 10.8 Å². The van der Waals surface area contributed by atoms with E-state index in [-0.39, 0.29) is 4.90 Å². The van der Waals surface area contributed by atoms with E-state index < -0.39 is 10.1 Å². The molecule has 156 valence electrons. The monoisotopic (exact) mass is 404 g/mol. The molecule has 2 aromatic carbocycles. The molecule has 0 amide bonds. The van der Waals surface area contributed by atoms with Crippen molar-refractivity contribution in [3.63, 3.8) is 0 Å². The molecule has 0 radical (unpaired) electrons. The molecule has 0 aromatic heterocycles. The fraction of sp³-hybridized carbons (Fsp3) is 0.583. The van der Waals surface area contributed by atoms with Crippen molar-refractivity contribution in [3.05, 3.63) is 41.5 Å². The van der Waals surface area contributed by atoms with E-state index in [9.17, 15) is 13.0 Å². The third-order valence-electron chi connectivity index (χ3n) is 5.58. The number of aryl methyl sites for hydroxylation is 2. The van der Waals surface area contributed by atoms with Crippen LogP contribution in [0.3, 0.4) is 0 Å². The molecule has 0 aliphatic rings. The normalized spacial score (nSPS) is 12.0. The zero-order chi connectivity index (χ0) is 20.4. The lowest BCUT2D eigenvalue weighted by atomic mass is 9.91. The Bertz CT molecular complexity index is 840. The van der Waals surface area contributed by atoms with Crippen molar-refractivity contribution in [2.75, 3.05) is 0 Å². The minimum atomic E-state index is -4.17. The van der Waals surface area contributed by atoms with Crippen LogP contribution in [0.1, 0.15) is 89.2 Å². The summed E-state index contributed by atoms with van der Waals surface area (Å²) in [6.45, 7) is 4.47. The van der Waals surface area contributed by atoms with Crippen LogP contribution in [-0.4, -0.2) is 13.0 Å². The molecule has 0 saturated heterocycles. The number of hydrogen-bond acceptors (Lipinski definition) is 2. The lowest BCUT2D eigenvalue weighted by molar-refractivity contribution is 0.483. The highest BCUT2D eigenvalue weighted by Gasteiger charge is 2.13. The summed E-state index contributed by atoms with van der Waals surface area (Å²) in [6, 6.07) is 9.17. The molecule has 0 aliphatic carbocycles. The van der Waals surface area contributed by atoms with Crippen LogP contribution in [0.15, 0.2) is 35.2 Å². The largest absolute Gasteiger partial charge is 0.294 e. The van der Waals surface area contributed by atoms with Gasteiger partial charge in [-0.15, -0.1) is 0 Å². The van der Waals surface area contributed by atoms with Gasteiger partial charge in [0.05, 0.1) is 4.90 Å². The van der Waals surface area contributed by atoms with Crippen molar-refractivity contribution in [2.24, 2.45) is 0 Å². The van der Waals surface area contributed by atoms with Crippen molar-refractivity contribution >= 4 is 20.9 Å². The average molecular weight is 405 g/mol. The smallest absolute Gasteiger partial charge is 0.282 e. The van der Waals surface area contributed by atoms with Gasteiger partial charge in [-0.2, -0.15) is 8.42 Å². The quantitative estimate of drug-likeness (QED) is 0.286. The van der Waals surface area contributed by atoms with Crippen LogP contribution >= 0.6 is 0 Å². The molecular formula is C24H36O3S. The zero-order valence-corrected chi connectivity index (χ0v) is 18.4. The highest BCUT2D eigenvalue weighted by Crippen LogP contribution is 2.28. The first-order valence-electron chi connectivity index (χ1n) is 11.0. The van der Waals surface area contributed by atoms with Gasteiger partial charge in [0, 0.05) is 0 Å². The summed E-state index contributed by atoms with van der Waals surface area (Å²) in [4.78, 5) is -0.0267. The number of hydrogen-bond donors (Lipinski definition) is 1. The van der Waals surface area contributed by atoms with E-state index in [4.69, 9.17) is 0 Å². The van der Waals surface area contributed by atoms with Crippen LogP contribution in [0.2, 0.25) is 0 Å². The average Bonchev–Trinajstić information content (AvgIpc) is 2.67. The Morgan fingerprint density at radius 2 is 1.36 bits per heavy atom. The first kappa shape index (κ1) is 22.9. The third-order valence-corrected chi connectivity index (χ3v) is 6.43. The Morgan fingerprint density at radius 3 is 1.96 bits per heavy atom. The van der Waals surface area contributed by atoms with Gasteiger partial charge in [-0.25, -0.2) is 0 Å². The highest BCUT2D eigenvalue weighted by atomic mass is 32.2. The summed E-state index contributed by atoms with van der Waals surface area (Å²) in [5.41, 5.74) is 2.77. The summed E-state index contributed by atoms with van der Waals surface area (Å²) < 4.78 is 32.3. The van der Waals surface area contributed by atoms with Gasteiger partial charge >= 0.3 is 0 Å². The van der Waals surface area contributed by atoms with E-state index in [1.54, 1.807) is 6.07 Å². The summed E-state index contributed by atoms with van der Waals surface area (Å²) in [5, 5.41) is 2.03. The van der Waals surface area contributed by atoms with Gasteiger partial charge in [0.1, 0.15) is 0 Å². The van der Waals surface area contributed by atoms with Crippen molar-refractivity contribution in [3.8, 4) is 0 Å². The fourth-order valence-electron chi connectivity index (χ4n) is 3.93. The van der Waals surface area contributed by atoms with Crippen molar-refractivity contribution < 1.29 is 13.0 Å². The van der Waals surface area contributed by atoms with E-state index in [0.29, 0.717) is 0 Å². The summed E-state index contributed by atoms with van der Waals surface area (Å²) in [5.74, 6) is 0. The van der Waals surface area contributed by atoms with Crippen molar-refractivity contribution in [2.45, 2.75) is 95.8 Å². The molecule has 2 rings (SSSR count). The molecule has 0 saturated carbocycles. The molecule has 2 aromatic rings. The first-order valence-corrected chi connectivity index (χ1v) is 12.4. The second-order valence-corrected chi connectivity index (χ2v) is 9.31. The molecule has 0 aliphatic heterocycles. The molecule has 0 spiro atoms. The van der Waals surface area contributed by atoms with E-state index in [1.165, 1.54) is 81.4 Å². The number of unbranched alkanes of at least 4 members (excludes halogenated alkanes) is 8. The van der Waals surface area contributed by atoms with Crippen LogP contribution in [0.5, 0.6) is 0 Å². The molecule has 0 bridgehead atoms. The molecule has 4 heteroatoms. The molecule has 28 heavy (non-hydrogen) atoms. The molecular weight excluding hydrogens is 368 g/mol. The van der Waals surface area contributed by atoms with Gasteiger partial charge in [0.2, 0.25) is 0 Å². The summed E-state index contributed by atoms with van der Waals surface area (Å²) >= 11 is 0. The Kier molecular flexibility index (Phi) is 9.46. The fourth-order valence-corrected chi connectivity index (χ4v) is 4.45. The zero-order valence-electron chi connectivity index (χ0n) is 17.5. The lowest BCUT2D eigenvalue weighted by Crippen LogP contribution is -2.00. The Labute approximate surface area is 171 Å². The minimum Gasteiger partial charge on any atom is -0.282 e. The van der Waals surface area contributed by atoms with Crippen molar-refractivity contribution in [1.29, 1.82) is 0 Å². The van der Waals surface area contributed by atoms with E-state index in [0.717, 1.165) is 23.6 Å². The SMILES string of the molecule is CCCCCCCc1ccc2cc(S(=O)(=O)O)ccc2c1CCCCCCC. The van der Waals surface area contributed by atoms with Gasteiger partial charge < -0.3 is 0 Å². The van der Waals surface area contributed by atoms with Crippen LogP contribution in [0, 0.1) is 0 Å². The van der Waals surface area contributed by atoms with Crippen LogP contribution in [0.4, 0.5) is 0 Å². The lowest BCUT2D eigenvalue weighted by Gasteiger charge is -2.14. The van der Waals surface area contributed by atoms with Gasteiger partial charge in [0.15, 0.2) is 0 Å². The third kappa shape index (κ3) is 6.89. The van der Waals surface area contributed by atoms with E-state index in [1.807, 2.05) is 12.1 Å². The Balaban J connectivity index is 2.23. The minimum absolute atomic E-state index is 0.0267. The van der Waals surface area contributed by atoms with Crippen molar-refractivity contribution in [1.82, 2.24) is 0 Å². The molecule has 0 atom stereocenters. The number of rotatable bonds is 13. The molecule has 0 heterocycles. The van der Waals surface area contributed by atoms with Crippen LogP contribution in [-0.2, 0) is 23.0 Å². The highest BCUT2D eigenvalue weighted by molar-refractivity contribution is 7.85. The summed E-state index contributed by atoms with van der Waals surface area (Å²) in [7, 11) is -4.17. The first-order chi connectivity index (χ1) is 13.5. The molecule has 0 unspecified atom stereocenters. The van der Waals surface area contributed by atoms with E-state index >= 15 is 0 Å². The maximum absolute atomic E-state index is 11.5. The predicted octanol–water partition coefficient (Wildman–Crippen LogP) is 7.11. The maximum Gasteiger partial charge on any atom is 0.294 e. The standard InChI is InChI=1S/C24H36O3S/c1-3-5-7-9-11-13-20-15-16-21-19-22(28(25,26)27)17-18-24(21)23(20)14-12-10-8-6-4-2/h15-19H,3-14H2,1-2H3,(H,25,26,27). The number of fused-ring (bicyclic) bond motifs is 1. The molecule has 0 fully saturated rings. The van der Waals surface area contributed by atoms with Gasteiger partial charge in [-0.1, -0.05) is 83.4 Å². The number of benzene rings is 2. The van der Waals surface area contributed by atoms with Gasteiger partial charge in [-0.05, 0) is 59.7 Å². The predicted molar refractivity (Wildman–Crippen MR) is 119 cm³/mol. The Morgan fingerprint density at radius 1 is 0.750 bits per heavy atom. The van der Waals surface area contributed by atoms with Gasteiger partial charge in [0.25, 0.3) is 10.1 Å². The van der Waals surface area contributed by atoms with Gasteiger partial charge in [-0.3, -0.25) is 4.55 Å². The van der Waals surface area contributed by atoms with E-state index in [2.05, 4.69) is 19.9 Å². The maximum atomic E-state index is 11.5. The molecule has 3 nitrogen and oxygen atoms in total. The second kappa shape index (κ2) is 11.6.